The molecule has 0 saturated carbocycles. The van der Waals surface area contributed by atoms with Crippen LogP contribution >= 0.6 is 0 Å². The Labute approximate surface area is 117 Å². The molecule has 1 atom stereocenters. The van der Waals surface area contributed by atoms with Gasteiger partial charge in [-0.2, -0.15) is 0 Å². The van der Waals surface area contributed by atoms with Crippen molar-refractivity contribution in [3.05, 3.63) is 29.3 Å². The lowest BCUT2D eigenvalue weighted by Crippen LogP contribution is -2.40. The monoisotopic (exact) mass is 286 g/mol. The van der Waals surface area contributed by atoms with Gasteiger partial charge in [0, 0.05) is 12.6 Å². The van der Waals surface area contributed by atoms with Crippen LogP contribution in [0.25, 0.3) is 0 Å². The molecule has 1 aromatic carbocycles. The largest absolute Gasteiger partial charge is 0.475 e. The number of ether oxygens (including phenoxy) is 1. The van der Waals surface area contributed by atoms with E-state index in [0.29, 0.717) is 12.1 Å². The molecule has 112 valence electrons. The Hall–Kier alpha value is -1.69. The first-order valence-corrected chi connectivity index (χ1v) is 6.44. The van der Waals surface area contributed by atoms with Gasteiger partial charge in [0.1, 0.15) is 0 Å². The number of carbonyl (C=O) groups is 1. The number of hydrogen-bond acceptors (Lipinski definition) is 3. The number of rotatable bonds is 6. The Kier molecular flexibility index (Phi) is 5.88. The highest BCUT2D eigenvalue weighted by molar-refractivity contribution is 5.80. The summed E-state index contributed by atoms with van der Waals surface area (Å²) in [5.74, 6) is -2.59. The molecule has 4 nitrogen and oxygen atoms in total. The van der Waals surface area contributed by atoms with Gasteiger partial charge < -0.3 is 15.4 Å². The number of nitrogens with one attached hydrogen (secondary N) is 2. The third-order valence-corrected chi connectivity index (χ3v) is 2.53. The fourth-order valence-electron chi connectivity index (χ4n) is 1.66. The molecule has 2 N–H and O–H groups in total. The van der Waals surface area contributed by atoms with Gasteiger partial charge in [-0.05, 0) is 45.5 Å². The molecule has 0 heterocycles. The van der Waals surface area contributed by atoms with E-state index in [1.807, 2.05) is 0 Å². The Bertz CT molecular complexity index is 455. The molecule has 1 rings (SSSR count). The van der Waals surface area contributed by atoms with E-state index >= 15 is 0 Å². The van der Waals surface area contributed by atoms with Crippen LogP contribution in [0, 0.1) is 11.6 Å². The number of hydrogen-bond donors (Lipinski definition) is 2. The SMILES string of the molecule is CNCc1cc(F)c(OC(C)C(=O)NC(C)C)c(F)c1. The van der Waals surface area contributed by atoms with E-state index in [4.69, 9.17) is 4.74 Å². The summed E-state index contributed by atoms with van der Waals surface area (Å²) in [7, 11) is 1.68. The zero-order valence-electron chi connectivity index (χ0n) is 12.1. The van der Waals surface area contributed by atoms with Gasteiger partial charge >= 0.3 is 0 Å². The summed E-state index contributed by atoms with van der Waals surface area (Å²) in [6, 6.07) is 2.30. The molecule has 0 aromatic heterocycles. The summed E-state index contributed by atoms with van der Waals surface area (Å²) in [6.07, 6.45) is -0.975. The minimum absolute atomic E-state index is 0.0683. The molecule has 0 fully saturated rings. The predicted molar refractivity (Wildman–Crippen MR) is 72.5 cm³/mol. The molecule has 20 heavy (non-hydrogen) atoms. The van der Waals surface area contributed by atoms with Crippen molar-refractivity contribution in [1.82, 2.24) is 10.6 Å². The van der Waals surface area contributed by atoms with Gasteiger partial charge in [0.25, 0.3) is 5.91 Å². The Morgan fingerprint density at radius 1 is 1.25 bits per heavy atom. The fourth-order valence-corrected chi connectivity index (χ4v) is 1.66. The van der Waals surface area contributed by atoms with Gasteiger partial charge in [-0.15, -0.1) is 0 Å². The van der Waals surface area contributed by atoms with Crippen molar-refractivity contribution in [1.29, 1.82) is 0 Å². The van der Waals surface area contributed by atoms with E-state index < -0.39 is 29.4 Å². The van der Waals surface area contributed by atoms with Crippen LogP contribution in [0.3, 0.4) is 0 Å². The van der Waals surface area contributed by atoms with Crippen LogP contribution in [0.2, 0.25) is 0 Å². The second-order valence-electron chi connectivity index (χ2n) is 4.84. The molecular formula is C14H20F2N2O2. The normalized spacial score (nSPS) is 12.3. The molecular weight excluding hydrogens is 266 g/mol. The Morgan fingerprint density at radius 3 is 2.25 bits per heavy atom. The molecule has 1 amide bonds. The zero-order valence-corrected chi connectivity index (χ0v) is 12.1. The average molecular weight is 286 g/mol. The second kappa shape index (κ2) is 7.19. The third-order valence-electron chi connectivity index (χ3n) is 2.53. The molecule has 1 unspecified atom stereocenters. The topological polar surface area (TPSA) is 50.4 Å². The zero-order chi connectivity index (χ0) is 15.3. The minimum Gasteiger partial charge on any atom is -0.475 e. The second-order valence-corrected chi connectivity index (χ2v) is 4.84. The quantitative estimate of drug-likeness (QED) is 0.840. The lowest BCUT2D eigenvalue weighted by atomic mass is 10.2. The number of amides is 1. The summed E-state index contributed by atoms with van der Waals surface area (Å²) in [6.45, 7) is 5.37. The van der Waals surface area contributed by atoms with E-state index in [2.05, 4.69) is 10.6 Å². The molecule has 0 spiro atoms. The number of benzene rings is 1. The van der Waals surface area contributed by atoms with Crippen LogP contribution in [0.4, 0.5) is 8.78 Å². The van der Waals surface area contributed by atoms with E-state index in [1.165, 1.54) is 19.1 Å². The van der Waals surface area contributed by atoms with Crippen LogP contribution in [-0.2, 0) is 11.3 Å². The lowest BCUT2D eigenvalue weighted by molar-refractivity contribution is -0.127. The van der Waals surface area contributed by atoms with Crippen molar-refractivity contribution in [3.8, 4) is 5.75 Å². The maximum Gasteiger partial charge on any atom is 0.260 e. The van der Waals surface area contributed by atoms with Crippen molar-refractivity contribution in [2.75, 3.05) is 7.05 Å². The van der Waals surface area contributed by atoms with Gasteiger partial charge in [0.2, 0.25) is 0 Å². The summed E-state index contributed by atoms with van der Waals surface area (Å²) in [5.41, 5.74) is 0.467. The van der Waals surface area contributed by atoms with Crippen molar-refractivity contribution in [2.24, 2.45) is 0 Å². The van der Waals surface area contributed by atoms with Crippen LogP contribution in [-0.4, -0.2) is 25.1 Å². The molecule has 0 aliphatic heterocycles. The number of halogens is 2. The highest BCUT2D eigenvalue weighted by Crippen LogP contribution is 2.24. The Balaban J connectivity index is 2.84. The van der Waals surface area contributed by atoms with Crippen LogP contribution < -0.4 is 15.4 Å². The van der Waals surface area contributed by atoms with Gasteiger partial charge in [0.05, 0.1) is 0 Å². The van der Waals surface area contributed by atoms with E-state index in [0.717, 1.165) is 0 Å². The molecule has 0 saturated heterocycles. The van der Waals surface area contributed by atoms with Gasteiger partial charge in [-0.3, -0.25) is 4.79 Å². The minimum atomic E-state index is -0.975. The summed E-state index contributed by atoms with van der Waals surface area (Å²) >= 11 is 0. The van der Waals surface area contributed by atoms with Crippen LogP contribution in [0.15, 0.2) is 12.1 Å². The van der Waals surface area contributed by atoms with E-state index in [-0.39, 0.29) is 6.04 Å². The smallest absolute Gasteiger partial charge is 0.260 e. The maximum absolute atomic E-state index is 13.8. The highest BCUT2D eigenvalue weighted by atomic mass is 19.1. The van der Waals surface area contributed by atoms with Crippen LogP contribution in [0.5, 0.6) is 5.75 Å². The van der Waals surface area contributed by atoms with Crippen molar-refractivity contribution in [3.63, 3.8) is 0 Å². The summed E-state index contributed by atoms with van der Waals surface area (Å²) in [4.78, 5) is 11.7. The molecule has 6 heteroatoms. The molecule has 0 aliphatic carbocycles. The van der Waals surface area contributed by atoms with Gasteiger partial charge in [-0.1, -0.05) is 0 Å². The van der Waals surface area contributed by atoms with E-state index in [1.54, 1.807) is 20.9 Å². The first-order chi connectivity index (χ1) is 9.35. The van der Waals surface area contributed by atoms with Crippen molar-refractivity contribution < 1.29 is 18.3 Å². The predicted octanol–water partition coefficient (Wildman–Crippen LogP) is 1.98. The molecule has 0 radical (unpaired) electrons. The van der Waals surface area contributed by atoms with Gasteiger partial charge in [-0.25, -0.2) is 8.78 Å². The molecule has 0 aliphatic rings. The van der Waals surface area contributed by atoms with E-state index in [9.17, 15) is 13.6 Å². The number of carbonyl (C=O) groups excluding carboxylic acids is 1. The maximum atomic E-state index is 13.8. The fraction of sp³-hybridized carbons (Fsp3) is 0.500. The highest BCUT2D eigenvalue weighted by Gasteiger charge is 2.20. The summed E-state index contributed by atoms with van der Waals surface area (Å²) in [5, 5.41) is 5.41. The Morgan fingerprint density at radius 2 is 1.80 bits per heavy atom. The standard InChI is InChI=1S/C14H20F2N2O2/c1-8(2)18-14(19)9(3)20-13-11(15)5-10(7-17-4)6-12(13)16/h5-6,8-9,17H,7H2,1-4H3,(H,18,19). The van der Waals surface area contributed by atoms with Gasteiger partial charge in [0.15, 0.2) is 23.5 Å². The lowest BCUT2D eigenvalue weighted by Gasteiger charge is -2.17. The third kappa shape index (κ3) is 4.45. The average Bonchev–Trinajstić information content (AvgIpc) is 2.33. The molecule has 1 aromatic rings. The van der Waals surface area contributed by atoms with Crippen molar-refractivity contribution >= 4 is 5.91 Å². The first kappa shape index (κ1) is 16.4. The molecule has 0 bridgehead atoms. The first-order valence-electron chi connectivity index (χ1n) is 6.44. The van der Waals surface area contributed by atoms with Crippen LogP contribution in [0.1, 0.15) is 26.3 Å². The van der Waals surface area contributed by atoms with Crippen molar-refractivity contribution in [2.45, 2.75) is 39.5 Å². The summed E-state index contributed by atoms with van der Waals surface area (Å²) < 4.78 is 32.7.